The Morgan fingerprint density at radius 3 is 2.64 bits per heavy atom. The zero-order chi connectivity index (χ0) is 17.9. The summed E-state index contributed by atoms with van der Waals surface area (Å²) in [6.45, 7) is 7.34. The topological polar surface area (TPSA) is 67.8 Å². The summed E-state index contributed by atoms with van der Waals surface area (Å²) in [5, 5.41) is 7.62. The molecule has 0 fully saturated rings. The number of aryl methyl sites for hydroxylation is 1. The van der Waals surface area contributed by atoms with Crippen molar-refractivity contribution >= 4 is 17.3 Å². The summed E-state index contributed by atoms with van der Waals surface area (Å²) in [5.41, 5.74) is 1.13. The van der Waals surface area contributed by atoms with Crippen molar-refractivity contribution in [1.82, 2.24) is 15.6 Å². The fourth-order valence-corrected chi connectivity index (χ4v) is 2.82. The molecule has 0 bridgehead atoms. The van der Waals surface area contributed by atoms with Crippen LogP contribution in [0.2, 0.25) is 0 Å². The van der Waals surface area contributed by atoms with Gasteiger partial charge in [-0.1, -0.05) is 12.1 Å². The van der Waals surface area contributed by atoms with Gasteiger partial charge in [-0.05, 0) is 31.5 Å². The molecule has 6 nitrogen and oxygen atoms in total. The molecule has 0 saturated heterocycles. The largest absolute Gasteiger partial charge is 0.491 e. The molecular formula is C18H26N4O2S. The summed E-state index contributed by atoms with van der Waals surface area (Å²) in [6, 6.07) is 7.97. The van der Waals surface area contributed by atoms with Crippen LogP contribution < -0.4 is 15.4 Å². The van der Waals surface area contributed by atoms with Gasteiger partial charge in [-0.2, -0.15) is 0 Å². The van der Waals surface area contributed by atoms with Gasteiger partial charge >= 0.3 is 0 Å². The summed E-state index contributed by atoms with van der Waals surface area (Å²) in [5.74, 6) is 1.63. The lowest BCUT2D eigenvalue weighted by Gasteiger charge is -2.10. The first-order valence-corrected chi connectivity index (χ1v) is 9.17. The Labute approximate surface area is 153 Å². The maximum absolute atomic E-state index is 5.56. The van der Waals surface area contributed by atoms with E-state index >= 15 is 0 Å². The maximum Gasteiger partial charge on any atom is 0.191 e. The molecule has 1 aromatic carbocycles. The standard InChI is InChI=1S/C18H26N4O2S/c1-4-19-18(22-13-17-20-11-14(2)25-17)21-12-15-5-7-16(8-6-15)24-10-9-23-3/h5-8,11H,4,9-10,12-13H2,1-3H3,(H2,19,21,22). The summed E-state index contributed by atoms with van der Waals surface area (Å²) in [7, 11) is 1.66. The van der Waals surface area contributed by atoms with Gasteiger partial charge in [-0.3, -0.25) is 0 Å². The Morgan fingerprint density at radius 1 is 1.20 bits per heavy atom. The molecule has 136 valence electrons. The number of thiazole rings is 1. The van der Waals surface area contributed by atoms with Crippen LogP contribution >= 0.6 is 11.3 Å². The number of aromatic nitrogens is 1. The Kier molecular flexibility index (Phi) is 8.21. The first-order valence-electron chi connectivity index (χ1n) is 8.35. The second kappa shape index (κ2) is 10.7. The van der Waals surface area contributed by atoms with Gasteiger partial charge in [0.25, 0.3) is 0 Å². The number of aliphatic imine (C=N–C) groups is 1. The number of guanidine groups is 1. The van der Waals surface area contributed by atoms with E-state index in [9.17, 15) is 0 Å². The van der Waals surface area contributed by atoms with E-state index in [1.807, 2.05) is 30.5 Å². The molecule has 25 heavy (non-hydrogen) atoms. The number of rotatable bonds is 9. The zero-order valence-electron chi connectivity index (χ0n) is 15.0. The van der Waals surface area contributed by atoms with E-state index in [2.05, 4.69) is 34.5 Å². The molecule has 0 aliphatic rings. The average molecular weight is 362 g/mol. The van der Waals surface area contributed by atoms with E-state index in [-0.39, 0.29) is 0 Å². The van der Waals surface area contributed by atoms with E-state index in [1.54, 1.807) is 18.4 Å². The molecular weight excluding hydrogens is 336 g/mol. The molecule has 0 saturated carbocycles. The molecule has 2 rings (SSSR count). The number of nitrogens with one attached hydrogen (secondary N) is 2. The summed E-state index contributed by atoms with van der Waals surface area (Å²) in [4.78, 5) is 10.2. The Hall–Kier alpha value is -2.12. The van der Waals surface area contributed by atoms with Crippen LogP contribution in [0.3, 0.4) is 0 Å². The summed E-state index contributed by atoms with van der Waals surface area (Å²) in [6.07, 6.45) is 1.89. The molecule has 2 aromatic rings. The third-order valence-corrected chi connectivity index (χ3v) is 4.23. The lowest BCUT2D eigenvalue weighted by Crippen LogP contribution is -2.36. The smallest absolute Gasteiger partial charge is 0.191 e. The molecule has 7 heteroatoms. The highest BCUT2D eigenvalue weighted by Gasteiger charge is 2.02. The molecule has 0 radical (unpaired) electrons. The number of nitrogens with zero attached hydrogens (tertiary/aromatic N) is 2. The minimum Gasteiger partial charge on any atom is -0.491 e. The molecule has 0 atom stereocenters. The monoisotopic (exact) mass is 362 g/mol. The van der Waals surface area contributed by atoms with E-state index in [0.29, 0.717) is 26.3 Å². The fraction of sp³-hybridized carbons (Fsp3) is 0.444. The SMILES string of the molecule is CCNC(=NCc1ccc(OCCOC)cc1)NCc1ncc(C)s1. The van der Waals surface area contributed by atoms with Crippen molar-refractivity contribution in [2.45, 2.75) is 26.9 Å². The molecule has 0 aliphatic carbocycles. The first kappa shape index (κ1) is 19.2. The fourth-order valence-electron chi connectivity index (χ4n) is 2.09. The van der Waals surface area contributed by atoms with Gasteiger partial charge in [-0.15, -0.1) is 11.3 Å². The molecule has 0 spiro atoms. The normalized spacial score (nSPS) is 11.4. The third-order valence-electron chi connectivity index (χ3n) is 3.32. The average Bonchev–Trinajstić information content (AvgIpc) is 3.04. The van der Waals surface area contributed by atoms with Crippen molar-refractivity contribution in [3.8, 4) is 5.75 Å². The van der Waals surface area contributed by atoms with Gasteiger partial charge in [0.15, 0.2) is 5.96 Å². The van der Waals surface area contributed by atoms with Crippen LogP contribution in [0.4, 0.5) is 0 Å². The van der Waals surface area contributed by atoms with Crippen LogP contribution in [-0.4, -0.2) is 37.8 Å². The molecule has 0 unspecified atom stereocenters. The quantitative estimate of drug-likeness (QED) is 0.408. The van der Waals surface area contributed by atoms with Gasteiger partial charge in [0, 0.05) is 24.7 Å². The second-order valence-electron chi connectivity index (χ2n) is 5.40. The van der Waals surface area contributed by atoms with Crippen LogP contribution in [0.15, 0.2) is 35.5 Å². The molecule has 0 aliphatic heterocycles. The van der Waals surface area contributed by atoms with Gasteiger partial charge < -0.3 is 20.1 Å². The van der Waals surface area contributed by atoms with Gasteiger partial charge in [0.05, 0.1) is 19.7 Å². The predicted molar refractivity (Wildman–Crippen MR) is 102 cm³/mol. The number of hydrogen-bond acceptors (Lipinski definition) is 5. The lowest BCUT2D eigenvalue weighted by molar-refractivity contribution is 0.146. The number of ether oxygens (including phenoxy) is 2. The first-order chi connectivity index (χ1) is 12.2. The third kappa shape index (κ3) is 7.11. The van der Waals surface area contributed by atoms with Crippen molar-refractivity contribution in [2.24, 2.45) is 4.99 Å². The number of methoxy groups -OCH3 is 1. The molecule has 1 heterocycles. The van der Waals surface area contributed by atoms with Crippen molar-refractivity contribution in [2.75, 3.05) is 26.9 Å². The zero-order valence-corrected chi connectivity index (χ0v) is 15.9. The number of hydrogen-bond donors (Lipinski definition) is 2. The van der Waals surface area contributed by atoms with Crippen LogP contribution in [0, 0.1) is 6.92 Å². The van der Waals surface area contributed by atoms with Gasteiger partial charge in [0.2, 0.25) is 0 Å². The van der Waals surface area contributed by atoms with Crippen LogP contribution in [0.25, 0.3) is 0 Å². The second-order valence-corrected chi connectivity index (χ2v) is 6.72. The minimum atomic E-state index is 0.554. The van der Waals surface area contributed by atoms with Gasteiger partial charge in [0.1, 0.15) is 17.4 Å². The van der Waals surface area contributed by atoms with E-state index < -0.39 is 0 Å². The Balaban J connectivity index is 1.86. The lowest BCUT2D eigenvalue weighted by atomic mass is 10.2. The van der Waals surface area contributed by atoms with E-state index in [0.717, 1.165) is 28.8 Å². The number of benzene rings is 1. The highest BCUT2D eigenvalue weighted by atomic mass is 32.1. The van der Waals surface area contributed by atoms with E-state index in [4.69, 9.17) is 9.47 Å². The van der Waals surface area contributed by atoms with Crippen LogP contribution in [-0.2, 0) is 17.8 Å². The van der Waals surface area contributed by atoms with Crippen LogP contribution in [0.1, 0.15) is 22.4 Å². The van der Waals surface area contributed by atoms with Gasteiger partial charge in [-0.25, -0.2) is 9.98 Å². The highest BCUT2D eigenvalue weighted by molar-refractivity contribution is 7.11. The van der Waals surface area contributed by atoms with Crippen LogP contribution in [0.5, 0.6) is 5.75 Å². The minimum absolute atomic E-state index is 0.554. The highest BCUT2D eigenvalue weighted by Crippen LogP contribution is 2.13. The van der Waals surface area contributed by atoms with Crippen molar-refractivity contribution < 1.29 is 9.47 Å². The van der Waals surface area contributed by atoms with Crippen molar-refractivity contribution in [3.05, 3.63) is 45.9 Å². The molecule has 2 N–H and O–H groups in total. The van der Waals surface area contributed by atoms with Crippen molar-refractivity contribution in [3.63, 3.8) is 0 Å². The van der Waals surface area contributed by atoms with E-state index in [1.165, 1.54) is 4.88 Å². The Morgan fingerprint density at radius 2 is 2.00 bits per heavy atom. The Bertz CT molecular complexity index is 655. The van der Waals surface area contributed by atoms with Crippen molar-refractivity contribution in [1.29, 1.82) is 0 Å². The predicted octanol–water partition coefficient (Wildman–Crippen LogP) is 2.73. The summed E-state index contributed by atoms with van der Waals surface area (Å²) >= 11 is 1.69. The summed E-state index contributed by atoms with van der Waals surface area (Å²) < 4.78 is 10.5. The molecule has 1 aromatic heterocycles. The maximum atomic E-state index is 5.56. The molecule has 0 amide bonds.